The Kier molecular flexibility index (Phi) is 7.05. The summed E-state index contributed by atoms with van der Waals surface area (Å²) in [5.41, 5.74) is 13.4. The summed E-state index contributed by atoms with van der Waals surface area (Å²) < 4.78 is 6.07. The van der Waals surface area contributed by atoms with E-state index in [0.717, 1.165) is 24.0 Å². The van der Waals surface area contributed by atoms with Gasteiger partial charge in [0, 0.05) is 4.91 Å². The summed E-state index contributed by atoms with van der Waals surface area (Å²) in [6.45, 7) is 0.772. The largest absolute Gasteiger partial charge is 0.369 e. The highest BCUT2D eigenvalue weighted by Gasteiger charge is 2.11. The number of rotatable bonds is 9. The van der Waals surface area contributed by atoms with E-state index in [-0.39, 0.29) is 12.6 Å². The first-order valence-electron chi connectivity index (χ1n) is 9.14. The molecule has 0 aliphatic carbocycles. The molecular formula is C23H23N3O. The zero-order valence-corrected chi connectivity index (χ0v) is 15.2. The lowest BCUT2D eigenvalue weighted by Crippen LogP contribution is -2.08. The molecule has 0 N–H and O–H groups in total. The summed E-state index contributed by atoms with van der Waals surface area (Å²) in [6, 6.07) is 28.9. The molecule has 0 unspecified atom stereocenters. The molecule has 0 amide bonds. The normalized spacial score (nSPS) is 11.6. The number of ether oxygens (including phenoxy) is 1. The lowest BCUT2D eigenvalue weighted by atomic mass is 10.0. The van der Waals surface area contributed by atoms with Crippen molar-refractivity contribution >= 4 is 0 Å². The first-order chi connectivity index (χ1) is 13.3. The van der Waals surface area contributed by atoms with Crippen LogP contribution in [0.2, 0.25) is 0 Å². The van der Waals surface area contributed by atoms with Crippen LogP contribution in [-0.2, 0) is 24.2 Å². The van der Waals surface area contributed by atoms with E-state index in [0.29, 0.717) is 6.61 Å². The van der Waals surface area contributed by atoms with E-state index in [1.54, 1.807) is 0 Å². The molecule has 0 bridgehead atoms. The summed E-state index contributed by atoms with van der Waals surface area (Å²) in [5, 5.41) is 3.70. The number of nitrogens with zero attached hydrogens (tertiary/aromatic N) is 3. The molecule has 0 radical (unpaired) electrons. The van der Waals surface area contributed by atoms with Gasteiger partial charge in [-0.1, -0.05) is 90.0 Å². The summed E-state index contributed by atoms with van der Waals surface area (Å²) >= 11 is 0. The van der Waals surface area contributed by atoms with Crippen LogP contribution >= 0.6 is 0 Å². The molecule has 27 heavy (non-hydrogen) atoms. The lowest BCUT2D eigenvalue weighted by Gasteiger charge is -2.16. The molecule has 0 aliphatic rings. The third-order valence-electron chi connectivity index (χ3n) is 4.47. The van der Waals surface area contributed by atoms with E-state index in [2.05, 4.69) is 58.6 Å². The van der Waals surface area contributed by atoms with Gasteiger partial charge in [0.25, 0.3) is 0 Å². The molecule has 3 aromatic rings. The zero-order chi connectivity index (χ0) is 18.7. The number of hydrogen-bond acceptors (Lipinski definition) is 2. The van der Waals surface area contributed by atoms with Crippen molar-refractivity contribution < 1.29 is 4.74 Å². The van der Waals surface area contributed by atoms with Crippen LogP contribution in [0.25, 0.3) is 10.4 Å². The SMILES string of the molecule is [N-]=[N+]=NC[C@@H](OCc1cccc(CCc2ccccc2)c1)c1ccccc1. The van der Waals surface area contributed by atoms with Gasteiger partial charge in [0.15, 0.2) is 0 Å². The monoisotopic (exact) mass is 357 g/mol. The molecule has 136 valence electrons. The van der Waals surface area contributed by atoms with Crippen LogP contribution < -0.4 is 0 Å². The average molecular weight is 357 g/mol. The van der Waals surface area contributed by atoms with Gasteiger partial charge in [0.05, 0.1) is 19.3 Å². The van der Waals surface area contributed by atoms with E-state index in [1.165, 1.54) is 11.1 Å². The highest BCUT2D eigenvalue weighted by molar-refractivity contribution is 5.25. The van der Waals surface area contributed by atoms with Gasteiger partial charge >= 0.3 is 0 Å². The number of hydrogen-bond donors (Lipinski definition) is 0. The maximum absolute atomic E-state index is 8.64. The minimum absolute atomic E-state index is 0.241. The van der Waals surface area contributed by atoms with Crippen LogP contribution in [0.3, 0.4) is 0 Å². The predicted molar refractivity (Wildman–Crippen MR) is 108 cm³/mol. The molecule has 3 rings (SSSR count). The van der Waals surface area contributed by atoms with Crippen LogP contribution in [-0.4, -0.2) is 6.54 Å². The van der Waals surface area contributed by atoms with Crippen LogP contribution in [0.15, 0.2) is 90.0 Å². The molecule has 0 aromatic heterocycles. The van der Waals surface area contributed by atoms with E-state index >= 15 is 0 Å². The van der Waals surface area contributed by atoms with Crippen molar-refractivity contribution in [1.82, 2.24) is 0 Å². The second-order valence-corrected chi connectivity index (χ2v) is 6.43. The molecular weight excluding hydrogens is 334 g/mol. The van der Waals surface area contributed by atoms with Crippen molar-refractivity contribution in [2.45, 2.75) is 25.6 Å². The zero-order valence-electron chi connectivity index (χ0n) is 15.2. The van der Waals surface area contributed by atoms with Gasteiger partial charge in [0.2, 0.25) is 0 Å². The predicted octanol–water partition coefficient (Wildman–Crippen LogP) is 6.04. The number of benzene rings is 3. The van der Waals surface area contributed by atoms with Crippen LogP contribution in [0, 0.1) is 0 Å². The van der Waals surface area contributed by atoms with Gasteiger partial charge in [-0.3, -0.25) is 0 Å². The molecule has 3 aromatic carbocycles. The molecule has 0 saturated carbocycles. The standard InChI is InChI=1S/C23H23N3O/c24-26-25-17-23(22-12-5-2-6-13-22)27-18-21-11-7-10-20(16-21)15-14-19-8-3-1-4-9-19/h1-13,16,23H,14-15,17-18H2/t23-/m1/s1. The van der Waals surface area contributed by atoms with E-state index in [9.17, 15) is 0 Å². The van der Waals surface area contributed by atoms with Gasteiger partial charge in [-0.15, -0.1) is 0 Å². The summed E-state index contributed by atoms with van der Waals surface area (Å²) in [5.74, 6) is 0. The lowest BCUT2D eigenvalue weighted by molar-refractivity contribution is 0.0457. The van der Waals surface area contributed by atoms with E-state index in [1.807, 2.05) is 36.4 Å². The van der Waals surface area contributed by atoms with Crippen molar-refractivity contribution in [3.05, 3.63) is 118 Å². The van der Waals surface area contributed by atoms with Crippen molar-refractivity contribution in [3.8, 4) is 0 Å². The topological polar surface area (TPSA) is 58.0 Å². The van der Waals surface area contributed by atoms with E-state index in [4.69, 9.17) is 10.3 Å². The van der Waals surface area contributed by atoms with Gasteiger partial charge < -0.3 is 4.74 Å². The van der Waals surface area contributed by atoms with Crippen molar-refractivity contribution in [1.29, 1.82) is 0 Å². The Hall–Kier alpha value is -3.07. The van der Waals surface area contributed by atoms with Gasteiger partial charge in [0.1, 0.15) is 0 Å². The Morgan fingerprint density at radius 3 is 2.15 bits per heavy atom. The fourth-order valence-electron chi connectivity index (χ4n) is 3.04. The minimum Gasteiger partial charge on any atom is -0.369 e. The van der Waals surface area contributed by atoms with Crippen LogP contribution in [0.5, 0.6) is 0 Å². The highest BCUT2D eigenvalue weighted by atomic mass is 16.5. The highest BCUT2D eigenvalue weighted by Crippen LogP contribution is 2.20. The summed E-state index contributed by atoms with van der Waals surface area (Å²) in [7, 11) is 0. The van der Waals surface area contributed by atoms with Gasteiger partial charge in [-0.05, 0) is 40.6 Å². The fraction of sp³-hybridized carbons (Fsp3) is 0.217. The minimum atomic E-state index is -0.241. The Morgan fingerprint density at radius 2 is 1.41 bits per heavy atom. The maximum atomic E-state index is 8.64. The molecule has 0 spiro atoms. The Morgan fingerprint density at radius 1 is 0.778 bits per heavy atom. The van der Waals surface area contributed by atoms with Crippen LogP contribution in [0.4, 0.5) is 0 Å². The third-order valence-corrected chi connectivity index (χ3v) is 4.47. The first kappa shape index (κ1) is 18.7. The molecule has 0 fully saturated rings. The Labute approximate surface area is 160 Å². The Bertz CT molecular complexity index is 874. The molecule has 1 atom stereocenters. The molecule has 0 heterocycles. The van der Waals surface area contributed by atoms with Gasteiger partial charge in [-0.2, -0.15) is 0 Å². The van der Waals surface area contributed by atoms with Crippen LogP contribution in [0.1, 0.15) is 28.4 Å². The third kappa shape index (κ3) is 6.00. The summed E-state index contributed by atoms with van der Waals surface area (Å²) in [4.78, 5) is 2.87. The molecule has 4 nitrogen and oxygen atoms in total. The number of aryl methyl sites for hydroxylation is 2. The molecule has 0 aliphatic heterocycles. The molecule has 0 saturated heterocycles. The second-order valence-electron chi connectivity index (χ2n) is 6.43. The van der Waals surface area contributed by atoms with Gasteiger partial charge in [-0.25, -0.2) is 0 Å². The Balaban J connectivity index is 1.61. The quantitative estimate of drug-likeness (QED) is 0.262. The summed E-state index contributed by atoms with van der Waals surface area (Å²) in [6.07, 6.45) is 1.78. The molecule has 4 heteroatoms. The van der Waals surface area contributed by atoms with Crippen molar-refractivity contribution in [2.24, 2.45) is 5.11 Å². The number of azide groups is 1. The van der Waals surface area contributed by atoms with Crippen molar-refractivity contribution in [3.63, 3.8) is 0 Å². The van der Waals surface area contributed by atoms with E-state index < -0.39 is 0 Å². The fourth-order valence-corrected chi connectivity index (χ4v) is 3.04. The second kappa shape index (κ2) is 10.2. The first-order valence-corrected chi connectivity index (χ1v) is 9.14. The van der Waals surface area contributed by atoms with Crippen molar-refractivity contribution in [2.75, 3.05) is 6.54 Å². The maximum Gasteiger partial charge on any atom is 0.0885 e. The average Bonchev–Trinajstić information content (AvgIpc) is 2.74. The smallest absolute Gasteiger partial charge is 0.0885 e.